The fourth-order valence-corrected chi connectivity index (χ4v) is 1.57. The highest BCUT2D eigenvalue weighted by Crippen LogP contribution is 2.03. The van der Waals surface area contributed by atoms with E-state index in [1.54, 1.807) is 12.1 Å². The normalized spacial score (nSPS) is 10.0. The number of hydrogen-bond acceptors (Lipinski definition) is 1. The summed E-state index contributed by atoms with van der Waals surface area (Å²) < 4.78 is 13.8. The Morgan fingerprint density at radius 2 is 2.27 bits per heavy atom. The van der Waals surface area contributed by atoms with Crippen molar-refractivity contribution >= 4 is 28.5 Å². The van der Waals surface area contributed by atoms with Crippen LogP contribution in [0.1, 0.15) is 12.0 Å². The predicted molar refractivity (Wildman–Crippen MR) is 66.6 cm³/mol. The van der Waals surface area contributed by atoms with Crippen molar-refractivity contribution in [2.75, 3.05) is 11.0 Å². The molecule has 15 heavy (non-hydrogen) atoms. The molecule has 2 nitrogen and oxygen atoms in total. The molecule has 0 bridgehead atoms. The molecular weight excluding hydrogens is 308 g/mol. The van der Waals surface area contributed by atoms with Gasteiger partial charge in [0, 0.05) is 11.0 Å². The van der Waals surface area contributed by atoms with Gasteiger partial charge in [0.2, 0.25) is 5.91 Å². The van der Waals surface area contributed by atoms with Crippen LogP contribution in [0.4, 0.5) is 4.39 Å². The number of carbonyl (C=O) groups excluding carboxylic acids is 1. The number of rotatable bonds is 5. The minimum absolute atomic E-state index is 0.0505. The van der Waals surface area contributed by atoms with Crippen LogP contribution < -0.4 is 5.32 Å². The average molecular weight is 321 g/mol. The minimum atomic E-state index is -0.299. The van der Waals surface area contributed by atoms with Crippen molar-refractivity contribution in [3.8, 4) is 0 Å². The average Bonchev–Trinajstić information content (AvgIpc) is 2.18. The number of benzene rings is 1. The van der Waals surface area contributed by atoms with Crippen LogP contribution in [0.3, 0.4) is 0 Å². The molecule has 1 rings (SSSR count). The first kappa shape index (κ1) is 12.4. The van der Waals surface area contributed by atoms with Gasteiger partial charge in [0.25, 0.3) is 0 Å². The van der Waals surface area contributed by atoms with Crippen molar-refractivity contribution in [3.05, 3.63) is 35.6 Å². The summed E-state index contributed by atoms with van der Waals surface area (Å²) in [5.74, 6) is -0.349. The summed E-state index contributed by atoms with van der Waals surface area (Å²) in [6, 6.07) is 6.12. The Morgan fingerprint density at radius 3 is 2.93 bits per heavy atom. The first-order valence-electron chi connectivity index (χ1n) is 4.79. The van der Waals surface area contributed by atoms with Gasteiger partial charge in [-0.3, -0.25) is 4.79 Å². The second kappa shape index (κ2) is 6.76. The van der Waals surface area contributed by atoms with Crippen LogP contribution in [0.2, 0.25) is 0 Å². The second-order valence-electron chi connectivity index (χ2n) is 3.20. The summed E-state index contributed by atoms with van der Waals surface area (Å²) in [5.41, 5.74) is 0.710. The zero-order valence-electron chi connectivity index (χ0n) is 8.30. The van der Waals surface area contributed by atoms with Gasteiger partial charge in [-0.2, -0.15) is 0 Å². The van der Waals surface area contributed by atoms with Crippen LogP contribution in [0.15, 0.2) is 24.3 Å². The fraction of sp³-hybridized carbons (Fsp3) is 0.364. The Kier molecular flexibility index (Phi) is 5.60. The Labute approximate surface area is 102 Å². The fourth-order valence-electron chi connectivity index (χ4n) is 1.19. The number of alkyl halides is 1. The van der Waals surface area contributed by atoms with Gasteiger partial charge in [-0.1, -0.05) is 34.7 Å². The van der Waals surface area contributed by atoms with Crippen molar-refractivity contribution in [3.63, 3.8) is 0 Å². The highest BCUT2D eigenvalue weighted by atomic mass is 127. The lowest BCUT2D eigenvalue weighted by molar-refractivity contribution is -0.120. The molecular formula is C11H13FINO. The quantitative estimate of drug-likeness (QED) is 0.503. The van der Waals surface area contributed by atoms with Gasteiger partial charge in [-0.15, -0.1) is 0 Å². The lowest BCUT2D eigenvalue weighted by atomic mass is 10.1. The lowest BCUT2D eigenvalue weighted by Gasteiger charge is -2.03. The molecule has 1 amide bonds. The molecule has 0 atom stereocenters. The molecule has 82 valence electrons. The van der Waals surface area contributed by atoms with Crippen molar-refractivity contribution in [2.45, 2.75) is 12.8 Å². The largest absolute Gasteiger partial charge is 0.356 e. The predicted octanol–water partition coefficient (Wildman–Crippen LogP) is 2.31. The number of hydrogen-bond donors (Lipinski definition) is 1. The van der Waals surface area contributed by atoms with Gasteiger partial charge in [-0.25, -0.2) is 4.39 Å². The van der Waals surface area contributed by atoms with Crippen LogP contribution >= 0.6 is 22.6 Å². The smallest absolute Gasteiger partial charge is 0.224 e. The Morgan fingerprint density at radius 1 is 1.47 bits per heavy atom. The van der Waals surface area contributed by atoms with E-state index in [1.165, 1.54) is 12.1 Å². The highest BCUT2D eigenvalue weighted by Gasteiger charge is 2.02. The van der Waals surface area contributed by atoms with Crippen molar-refractivity contribution < 1.29 is 9.18 Å². The maximum atomic E-state index is 12.8. The summed E-state index contributed by atoms with van der Waals surface area (Å²) in [6.45, 7) is 0.692. The van der Waals surface area contributed by atoms with E-state index in [-0.39, 0.29) is 18.1 Å². The number of amides is 1. The van der Waals surface area contributed by atoms with Gasteiger partial charge < -0.3 is 5.32 Å². The van der Waals surface area contributed by atoms with Gasteiger partial charge in [-0.05, 0) is 24.1 Å². The third-order valence-corrected chi connectivity index (χ3v) is 2.65. The van der Waals surface area contributed by atoms with Crippen molar-refractivity contribution in [1.82, 2.24) is 5.32 Å². The maximum Gasteiger partial charge on any atom is 0.224 e. The van der Waals surface area contributed by atoms with E-state index in [4.69, 9.17) is 0 Å². The molecule has 0 unspecified atom stereocenters. The molecule has 4 heteroatoms. The molecule has 0 aliphatic heterocycles. The summed E-state index contributed by atoms with van der Waals surface area (Å²) in [7, 11) is 0. The molecule has 0 aliphatic carbocycles. The molecule has 0 saturated carbocycles. The van der Waals surface area contributed by atoms with Crippen LogP contribution in [0, 0.1) is 5.82 Å². The molecule has 0 saturated heterocycles. The van der Waals surface area contributed by atoms with E-state index < -0.39 is 0 Å². The van der Waals surface area contributed by atoms with Crippen LogP contribution in [-0.4, -0.2) is 16.9 Å². The van der Waals surface area contributed by atoms with Gasteiger partial charge in [0.05, 0.1) is 6.42 Å². The van der Waals surface area contributed by atoms with E-state index >= 15 is 0 Å². The summed E-state index contributed by atoms with van der Waals surface area (Å²) in [4.78, 5) is 11.4. The van der Waals surface area contributed by atoms with Gasteiger partial charge in [0.1, 0.15) is 5.82 Å². The zero-order chi connectivity index (χ0) is 11.1. The molecule has 1 aromatic carbocycles. The molecule has 0 spiro atoms. The molecule has 1 N–H and O–H groups in total. The van der Waals surface area contributed by atoms with E-state index in [1.807, 2.05) is 0 Å². The minimum Gasteiger partial charge on any atom is -0.356 e. The van der Waals surface area contributed by atoms with E-state index in [2.05, 4.69) is 27.9 Å². The van der Waals surface area contributed by atoms with E-state index in [9.17, 15) is 9.18 Å². The standard InChI is InChI=1S/C11H13FINO/c12-10-4-1-3-9(7-10)8-11(15)14-6-2-5-13/h1,3-4,7H,2,5-6,8H2,(H,14,15). The highest BCUT2D eigenvalue weighted by molar-refractivity contribution is 14.1. The topological polar surface area (TPSA) is 29.1 Å². The Hall–Kier alpha value is -0.650. The van der Waals surface area contributed by atoms with Crippen LogP contribution in [0.25, 0.3) is 0 Å². The van der Waals surface area contributed by atoms with Crippen molar-refractivity contribution in [1.29, 1.82) is 0 Å². The monoisotopic (exact) mass is 321 g/mol. The van der Waals surface area contributed by atoms with Gasteiger partial charge in [0.15, 0.2) is 0 Å². The molecule has 0 radical (unpaired) electrons. The van der Waals surface area contributed by atoms with Gasteiger partial charge >= 0.3 is 0 Å². The third-order valence-electron chi connectivity index (χ3n) is 1.89. The third kappa shape index (κ3) is 5.11. The first-order valence-corrected chi connectivity index (χ1v) is 6.32. The number of nitrogens with one attached hydrogen (secondary N) is 1. The first-order chi connectivity index (χ1) is 7.22. The molecule has 0 aromatic heterocycles. The lowest BCUT2D eigenvalue weighted by Crippen LogP contribution is -2.26. The van der Waals surface area contributed by atoms with Crippen LogP contribution in [0.5, 0.6) is 0 Å². The summed E-state index contributed by atoms with van der Waals surface area (Å²) in [5, 5.41) is 2.79. The zero-order valence-corrected chi connectivity index (χ0v) is 10.5. The van der Waals surface area contributed by atoms with E-state index in [0.717, 1.165) is 10.8 Å². The molecule has 0 heterocycles. The molecule has 1 aromatic rings. The molecule has 0 aliphatic rings. The van der Waals surface area contributed by atoms with Crippen molar-refractivity contribution in [2.24, 2.45) is 0 Å². The number of halogens is 2. The Balaban J connectivity index is 2.37. The number of carbonyl (C=O) groups is 1. The summed E-state index contributed by atoms with van der Waals surface area (Å²) >= 11 is 2.26. The maximum absolute atomic E-state index is 12.8. The molecule has 0 fully saturated rings. The SMILES string of the molecule is O=C(Cc1cccc(F)c1)NCCCI. The van der Waals surface area contributed by atoms with E-state index in [0.29, 0.717) is 12.1 Å². The Bertz CT molecular complexity index is 330. The van der Waals surface area contributed by atoms with Crippen LogP contribution in [-0.2, 0) is 11.2 Å². The summed E-state index contributed by atoms with van der Waals surface area (Å²) in [6.07, 6.45) is 1.22. The second-order valence-corrected chi connectivity index (χ2v) is 4.28.